The largest absolute Gasteiger partial charge is 0.271 e. The van der Waals surface area contributed by atoms with Crippen LogP contribution in [0.1, 0.15) is 10.4 Å². The van der Waals surface area contributed by atoms with E-state index in [1.54, 1.807) is 12.1 Å². The van der Waals surface area contributed by atoms with Gasteiger partial charge in [-0.3, -0.25) is 9.78 Å². The first kappa shape index (κ1) is 7.40. The molecule has 0 fully saturated rings. The van der Waals surface area contributed by atoms with Gasteiger partial charge in [0, 0.05) is 24.7 Å². The van der Waals surface area contributed by atoms with Crippen LogP contribution in [0.4, 0.5) is 0 Å². The first-order chi connectivity index (χ1) is 5.34. The molecule has 0 saturated carbocycles. The number of aromatic nitrogens is 1. The van der Waals surface area contributed by atoms with Gasteiger partial charge >= 0.3 is 0 Å². The highest BCUT2D eigenvalue weighted by Gasteiger charge is 2.00. The Morgan fingerprint density at radius 3 is 2.73 bits per heavy atom. The SMILES string of the molecule is C=NNC(=O)c1ccncc1. The van der Waals surface area contributed by atoms with Crippen molar-refractivity contribution in [1.82, 2.24) is 10.4 Å². The van der Waals surface area contributed by atoms with E-state index in [1.807, 2.05) is 0 Å². The molecule has 56 valence electrons. The maximum Gasteiger partial charge on any atom is 0.271 e. The molecule has 1 amide bonds. The van der Waals surface area contributed by atoms with E-state index >= 15 is 0 Å². The van der Waals surface area contributed by atoms with E-state index in [0.29, 0.717) is 5.56 Å². The Kier molecular flexibility index (Phi) is 2.32. The number of hydrogen-bond acceptors (Lipinski definition) is 3. The Bertz CT molecular complexity index is 258. The maximum absolute atomic E-state index is 11.0. The molecule has 1 heterocycles. The Balaban J connectivity index is 2.77. The highest BCUT2D eigenvalue weighted by molar-refractivity contribution is 5.93. The topological polar surface area (TPSA) is 54.4 Å². The summed E-state index contributed by atoms with van der Waals surface area (Å²) in [7, 11) is 0. The molecule has 0 atom stereocenters. The van der Waals surface area contributed by atoms with Gasteiger partial charge < -0.3 is 0 Å². The lowest BCUT2D eigenvalue weighted by atomic mass is 10.3. The van der Waals surface area contributed by atoms with Gasteiger partial charge in [0.25, 0.3) is 5.91 Å². The Labute approximate surface area is 64.0 Å². The predicted octanol–water partition coefficient (Wildman–Crippen LogP) is 0.427. The maximum atomic E-state index is 11.0. The van der Waals surface area contributed by atoms with Crippen LogP contribution in [0.25, 0.3) is 0 Å². The molecule has 0 aromatic carbocycles. The number of nitrogens with one attached hydrogen (secondary N) is 1. The van der Waals surface area contributed by atoms with Crippen LogP contribution in [-0.2, 0) is 0 Å². The molecule has 0 unspecified atom stereocenters. The third-order valence-corrected chi connectivity index (χ3v) is 1.12. The molecular weight excluding hydrogens is 142 g/mol. The fraction of sp³-hybridized carbons (Fsp3) is 0. The predicted molar refractivity (Wildman–Crippen MR) is 41.3 cm³/mol. The summed E-state index contributed by atoms with van der Waals surface area (Å²) < 4.78 is 0. The van der Waals surface area contributed by atoms with Crippen LogP contribution >= 0.6 is 0 Å². The summed E-state index contributed by atoms with van der Waals surface area (Å²) in [6, 6.07) is 3.20. The Morgan fingerprint density at radius 2 is 2.18 bits per heavy atom. The van der Waals surface area contributed by atoms with E-state index in [2.05, 4.69) is 22.2 Å². The molecule has 4 nitrogen and oxygen atoms in total. The highest BCUT2D eigenvalue weighted by Crippen LogP contribution is 1.94. The fourth-order valence-electron chi connectivity index (χ4n) is 0.640. The summed E-state index contributed by atoms with van der Waals surface area (Å²) >= 11 is 0. The molecule has 0 spiro atoms. The molecule has 0 aliphatic rings. The molecule has 1 aromatic heterocycles. The molecule has 4 heteroatoms. The van der Waals surface area contributed by atoms with E-state index in [4.69, 9.17) is 0 Å². The van der Waals surface area contributed by atoms with Gasteiger partial charge in [0.1, 0.15) is 0 Å². The molecule has 0 saturated heterocycles. The average molecular weight is 149 g/mol. The average Bonchev–Trinajstić information content (AvgIpc) is 2.07. The van der Waals surface area contributed by atoms with Crippen LogP contribution in [0.15, 0.2) is 29.6 Å². The zero-order valence-corrected chi connectivity index (χ0v) is 5.82. The van der Waals surface area contributed by atoms with Crippen molar-refractivity contribution in [3.05, 3.63) is 30.1 Å². The van der Waals surface area contributed by atoms with Gasteiger partial charge in [-0.05, 0) is 12.1 Å². The second-order valence-electron chi connectivity index (χ2n) is 1.83. The summed E-state index contributed by atoms with van der Waals surface area (Å²) in [6.07, 6.45) is 3.08. The summed E-state index contributed by atoms with van der Waals surface area (Å²) in [4.78, 5) is 14.7. The number of carbonyl (C=O) groups excluding carboxylic acids is 1. The van der Waals surface area contributed by atoms with Crippen LogP contribution < -0.4 is 5.43 Å². The van der Waals surface area contributed by atoms with Crippen molar-refractivity contribution in [3.8, 4) is 0 Å². The minimum Gasteiger partial charge on any atom is -0.267 e. The lowest BCUT2D eigenvalue weighted by molar-refractivity contribution is 0.0955. The first-order valence-electron chi connectivity index (χ1n) is 3.00. The second kappa shape index (κ2) is 3.46. The van der Waals surface area contributed by atoms with Crippen molar-refractivity contribution in [1.29, 1.82) is 0 Å². The van der Waals surface area contributed by atoms with Gasteiger partial charge in [-0.15, -0.1) is 0 Å². The second-order valence-corrected chi connectivity index (χ2v) is 1.83. The number of hydrogen-bond donors (Lipinski definition) is 1. The van der Waals surface area contributed by atoms with Crippen LogP contribution in [0, 0.1) is 0 Å². The van der Waals surface area contributed by atoms with E-state index in [0.717, 1.165) is 0 Å². The van der Waals surface area contributed by atoms with E-state index < -0.39 is 0 Å². The lowest BCUT2D eigenvalue weighted by Crippen LogP contribution is -2.16. The molecule has 0 radical (unpaired) electrons. The summed E-state index contributed by atoms with van der Waals surface area (Å²) in [6.45, 7) is 3.13. The summed E-state index contributed by atoms with van der Waals surface area (Å²) in [5.41, 5.74) is 2.73. The monoisotopic (exact) mass is 149 g/mol. The van der Waals surface area contributed by atoms with Crippen LogP contribution in [-0.4, -0.2) is 17.6 Å². The van der Waals surface area contributed by atoms with Crippen LogP contribution in [0.5, 0.6) is 0 Å². The molecule has 0 aliphatic heterocycles. The first-order valence-corrected chi connectivity index (χ1v) is 3.00. The quantitative estimate of drug-likeness (QED) is 0.489. The normalized spacial score (nSPS) is 8.73. The molecule has 1 N–H and O–H groups in total. The van der Waals surface area contributed by atoms with Gasteiger partial charge in [-0.2, -0.15) is 5.10 Å². The standard InChI is InChI=1S/C7H7N3O/c1-8-10-7(11)6-2-4-9-5-3-6/h2-5H,1H2,(H,10,11). The van der Waals surface area contributed by atoms with E-state index in [-0.39, 0.29) is 5.91 Å². The molecule has 1 rings (SSSR count). The number of amides is 1. The Morgan fingerprint density at radius 1 is 1.55 bits per heavy atom. The fourth-order valence-corrected chi connectivity index (χ4v) is 0.640. The number of nitrogens with zero attached hydrogens (tertiary/aromatic N) is 2. The third-order valence-electron chi connectivity index (χ3n) is 1.12. The van der Waals surface area contributed by atoms with Gasteiger partial charge in [-0.25, -0.2) is 5.43 Å². The minimum atomic E-state index is -0.276. The zero-order chi connectivity index (χ0) is 8.10. The van der Waals surface area contributed by atoms with Gasteiger partial charge in [0.15, 0.2) is 0 Å². The smallest absolute Gasteiger partial charge is 0.267 e. The molecule has 0 bridgehead atoms. The van der Waals surface area contributed by atoms with Crippen molar-refractivity contribution in [2.75, 3.05) is 0 Å². The van der Waals surface area contributed by atoms with Gasteiger partial charge in [0.2, 0.25) is 0 Å². The van der Waals surface area contributed by atoms with Crippen LogP contribution in [0.3, 0.4) is 0 Å². The number of hydrazone groups is 1. The van der Waals surface area contributed by atoms with Crippen molar-refractivity contribution in [3.63, 3.8) is 0 Å². The van der Waals surface area contributed by atoms with Crippen LogP contribution in [0.2, 0.25) is 0 Å². The van der Waals surface area contributed by atoms with E-state index in [1.165, 1.54) is 12.4 Å². The number of rotatable bonds is 2. The van der Waals surface area contributed by atoms with E-state index in [9.17, 15) is 4.79 Å². The van der Waals surface area contributed by atoms with Gasteiger partial charge in [0.05, 0.1) is 0 Å². The van der Waals surface area contributed by atoms with Crippen molar-refractivity contribution < 1.29 is 4.79 Å². The molecule has 11 heavy (non-hydrogen) atoms. The highest BCUT2D eigenvalue weighted by atomic mass is 16.2. The van der Waals surface area contributed by atoms with Crippen molar-refractivity contribution >= 4 is 12.6 Å². The van der Waals surface area contributed by atoms with Crippen molar-refractivity contribution in [2.45, 2.75) is 0 Å². The third kappa shape index (κ3) is 1.86. The van der Waals surface area contributed by atoms with Crippen molar-refractivity contribution in [2.24, 2.45) is 5.10 Å². The molecule has 0 aliphatic carbocycles. The summed E-state index contributed by atoms with van der Waals surface area (Å²) in [5.74, 6) is -0.276. The molecule has 1 aromatic rings. The lowest BCUT2D eigenvalue weighted by Gasteiger charge is -1.95. The molecular formula is C7H7N3O. The Hall–Kier alpha value is -1.71. The van der Waals surface area contributed by atoms with Gasteiger partial charge in [-0.1, -0.05) is 0 Å². The summed E-state index contributed by atoms with van der Waals surface area (Å²) in [5, 5.41) is 3.24. The number of carbonyl (C=O) groups is 1. The zero-order valence-electron chi connectivity index (χ0n) is 5.82. The minimum absolute atomic E-state index is 0.276. The number of pyridine rings is 1.